The molecule has 0 radical (unpaired) electrons. The van der Waals surface area contributed by atoms with Crippen LogP contribution in [0, 0.1) is 0 Å². The molecule has 5 rings (SSSR count). The molecule has 0 saturated carbocycles. The molecular formula is C26H21NO6. The molecule has 1 amide bonds. The molecule has 0 aliphatic carbocycles. The summed E-state index contributed by atoms with van der Waals surface area (Å²) in [5.41, 5.74) is 2.42. The Morgan fingerprint density at radius 1 is 1.03 bits per heavy atom. The van der Waals surface area contributed by atoms with E-state index in [-0.39, 0.29) is 17.1 Å². The normalized spacial score (nSPS) is 18.8. The van der Waals surface area contributed by atoms with Crippen molar-refractivity contribution in [2.24, 2.45) is 0 Å². The lowest BCUT2D eigenvalue weighted by Crippen LogP contribution is -2.29. The van der Waals surface area contributed by atoms with E-state index in [1.807, 2.05) is 0 Å². The van der Waals surface area contributed by atoms with Gasteiger partial charge in [-0.2, -0.15) is 0 Å². The maximum absolute atomic E-state index is 13.2. The number of carbonyl (C=O) groups excluding carboxylic acids is 2. The highest BCUT2D eigenvalue weighted by Crippen LogP contribution is 2.43. The summed E-state index contributed by atoms with van der Waals surface area (Å²) in [5.74, 6) is -0.365. The highest BCUT2D eigenvalue weighted by Gasteiger charge is 2.47. The number of Topliss-reactive ketones (excluding diaryl/α,β-unsaturated/α-hetero) is 1. The molecule has 3 aromatic rings. The van der Waals surface area contributed by atoms with Gasteiger partial charge >= 0.3 is 0 Å². The summed E-state index contributed by atoms with van der Waals surface area (Å²) < 4.78 is 10.7. The van der Waals surface area contributed by atoms with Crippen molar-refractivity contribution in [3.05, 3.63) is 89.0 Å². The third kappa shape index (κ3) is 3.47. The third-order valence-electron chi connectivity index (χ3n) is 5.97. The fraction of sp³-hybridized carbons (Fsp3) is 0.154. The second-order valence-electron chi connectivity index (χ2n) is 7.88. The van der Waals surface area contributed by atoms with Gasteiger partial charge in [-0.15, -0.1) is 0 Å². The molecule has 33 heavy (non-hydrogen) atoms. The van der Waals surface area contributed by atoms with E-state index in [0.717, 1.165) is 11.3 Å². The highest BCUT2D eigenvalue weighted by atomic mass is 16.5. The number of hydrogen-bond acceptors (Lipinski definition) is 6. The average Bonchev–Trinajstić information content (AvgIpc) is 3.41. The van der Waals surface area contributed by atoms with E-state index < -0.39 is 17.7 Å². The zero-order valence-corrected chi connectivity index (χ0v) is 17.8. The summed E-state index contributed by atoms with van der Waals surface area (Å²) in [6.45, 7) is 0.564. The predicted octanol–water partition coefficient (Wildman–Crippen LogP) is 3.96. The zero-order valence-electron chi connectivity index (χ0n) is 17.8. The molecule has 0 bridgehead atoms. The number of benzene rings is 3. The lowest BCUT2D eigenvalue weighted by atomic mass is 9.94. The quantitative estimate of drug-likeness (QED) is 0.360. The number of rotatable bonds is 4. The maximum Gasteiger partial charge on any atom is 0.300 e. The molecule has 1 saturated heterocycles. The van der Waals surface area contributed by atoms with Gasteiger partial charge in [-0.1, -0.05) is 12.1 Å². The first-order valence-electron chi connectivity index (χ1n) is 10.5. The van der Waals surface area contributed by atoms with Crippen LogP contribution in [0.1, 0.15) is 22.7 Å². The second kappa shape index (κ2) is 8.02. The van der Waals surface area contributed by atoms with Crippen LogP contribution in [-0.2, 0) is 16.0 Å². The SMILES string of the molecule is COc1ccc(N2C(=O)C(=O)/C(=C(\O)c3ccc4c(c3)CCO4)C2c2ccc(O)cc2)cc1. The van der Waals surface area contributed by atoms with Gasteiger partial charge in [0.1, 0.15) is 23.0 Å². The van der Waals surface area contributed by atoms with E-state index in [9.17, 15) is 19.8 Å². The van der Waals surface area contributed by atoms with Crippen molar-refractivity contribution in [3.63, 3.8) is 0 Å². The van der Waals surface area contributed by atoms with Crippen LogP contribution in [0.4, 0.5) is 5.69 Å². The van der Waals surface area contributed by atoms with Crippen molar-refractivity contribution in [3.8, 4) is 17.2 Å². The van der Waals surface area contributed by atoms with Crippen LogP contribution >= 0.6 is 0 Å². The van der Waals surface area contributed by atoms with Gasteiger partial charge in [-0.25, -0.2) is 0 Å². The largest absolute Gasteiger partial charge is 0.508 e. The summed E-state index contributed by atoms with van der Waals surface area (Å²) in [4.78, 5) is 27.7. The molecule has 1 fully saturated rings. The molecule has 1 atom stereocenters. The molecule has 2 aliphatic rings. The van der Waals surface area contributed by atoms with Gasteiger partial charge in [0.05, 0.1) is 25.3 Å². The Balaban J connectivity index is 1.68. The molecule has 3 aromatic carbocycles. The van der Waals surface area contributed by atoms with Crippen LogP contribution in [0.25, 0.3) is 5.76 Å². The van der Waals surface area contributed by atoms with Gasteiger partial charge in [-0.3, -0.25) is 14.5 Å². The summed E-state index contributed by atoms with van der Waals surface area (Å²) >= 11 is 0. The number of phenolic OH excluding ortho intramolecular Hbond substituents is 1. The Labute approximate surface area is 190 Å². The second-order valence-corrected chi connectivity index (χ2v) is 7.88. The van der Waals surface area contributed by atoms with Crippen molar-refractivity contribution >= 4 is 23.1 Å². The molecule has 0 aromatic heterocycles. The first-order chi connectivity index (χ1) is 16.0. The standard InChI is InChI=1S/C26H21NO6/c1-32-20-9-5-18(6-10-20)27-23(15-2-7-19(28)8-3-15)22(25(30)26(27)31)24(29)17-4-11-21-16(14-17)12-13-33-21/h2-11,14,23,28-29H,12-13H2,1H3/b24-22-. The lowest BCUT2D eigenvalue weighted by Gasteiger charge is -2.25. The van der Waals surface area contributed by atoms with Crippen molar-refractivity contribution in [2.75, 3.05) is 18.6 Å². The van der Waals surface area contributed by atoms with E-state index in [4.69, 9.17) is 9.47 Å². The summed E-state index contributed by atoms with van der Waals surface area (Å²) in [5, 5.41) is 21.0. The van der Waals surface area contributed by atoms with Gasteiger partial charge in [-0.05, 0) is 65.7 Å². The Hall–Kier alpha value is -4.26. The number of methoxy groups -OCH3 is 1. The molecule has 166 valence electrons. The number of nitrogens with zero attached hydrogens (tertiary/aromatic N) is 1. The van der Waals surface area contributed by atoms with E-state index in [2.05, 4.69) is 0 Å². The number of carbonyl (C=O) groups is 2. The van der Waals surface area contributed by atoms with Crippen molar-refractivity contribution in [1.82, 2.24) is 0 Å². The van der Waals surface area contributed by atoms with Crippen LogP contribution in [-0.4, -0.2) is 35.6 Å². The number of aliphatic hydroxyl groups excluding tert-OH is 1. The first-order valence-corrected chi connectivity index (χ1v) is 10.5. The van der Waals surface area contributed by atoms with Crippen LogP contribution < -0.4 is 14.4 Å². The highest BCUT2D eigenvalue weighted by molar-refractivity contribution is 6.51. The van der Waals surface area contributed by atoms with E-state index in [1.54, 1.807) is 61.7 Å². The molecular weight excluding hydrogens is 422 g/mol. The van der Waals surface area contributed by atoms with Gasteiger partial charge in [0.25, 0.3) is 11.7 Å². The number of phenols is 1. The number of hydrogen-bond donors (Lipinski definition) is 2. The smallest absolute Gasteiger partial charge is 0.300 e. The Bertz CT molecular complexity index is 1280. The Morgan fingerprint density at radius 2 is 1.76 bits per heavy atom. The molecule has 2 N–H and O–H groups in total. The zero-order chi connectivity index (χ0) is 23.1. The summed E-state index contributed by atoms with van der Waals surface area (Å²) in [7, 11) is 1.54. The molecule has 2 aliphatic heterocycles. The van der Waals surface area contributed by atoms with Gasteiger partial charge < -0.3 is 19.7 Å². The van der Waals surface area contributed by atoms with E-state index in [1.165, 1.54) is 17.0 Å². The monoisotopic (exact) mass is 443 g/mol. The fourth-order valence-electron chi connectivity index (χ4n) is 4.30. The number of aliphatic hydroxyl groups is 1. The van der Waals surface area contributed by atoms with Crippen LogP contribution in [0.3, 0.4) is 0 Å². The third-order valence-corrected chi connectivity index (χ3v) is 5.97. The number of aromatic hydroxyl groups is 1. The molecule has 7 heteroatoms. The maximum atomic E-state index is 13.2. The minimum Gasteiger partial charge on any atom is -0.508 e. The Kier molecular flexibility index (Phi) is 5.01. The average molecular weight is 443 g/mol. The van der Waals surface area contributed by atoms with Crippen molar-refractivity contribution in [1.29, 1.82) is 0 Å². The van der Waals surface area contributed by atoms with Crippen molar-refractivity contribution in [2.45, 2.75) is 12.5 Å². The summed E-state index contributed by atoms with van der Waals surface area (Å²) in [6, 6.07) is 17.3. The van der Waals surface area contributed by atoms with Crippen LogP contribution in [0.5, 0.6) is 17.2 Å². The van der Waals surface area contributed by atoms with Gasteiger partial charge in [0.2, 0.25) is 0 Å². The molecule has 1 unspecified atom stereocenters. The predicted molar refractivity (Wildman–Crippen MR) is 122 cm³/mol. The number of anilines is 1. The number of amides is 1. The van der Waals surface area contributed by atoms with Gasteiger partial charge in [0.15, 0.2) is 0 Å². The number of ether oxygens (including phenoxy) is 2. The molecule has 7 nitrogen and oxygen atoms in total. The topological polar surface area (TPSA) is 96.3 Å². The fourth-order valence-corrected chi connectivity index (χ4v) is 4.30. The van der Waals surface area contributed by atoms with E-state index >= 15 is 0 Å². The minimum absolute atomic E-state index is 0.0135. The number of fused-ring (bicyclic) bond motifs is 1. The van der Waals surface area contributed by atoms with Crippen LogP contribution in [0.2, 0.25) is 0 Å². The first kappa shape index (κ1) is 20.6. The molecule has 0 spiro atoms. The summed E-state index contributed by atoms with van der Waals surface area (Å²) in [6.07, 6.45) is 0.706. The number of ketones is 1. The van der Waals surface area contributed by atoms with Crippen molar-refractivity contribution < 1.29 is 29.3 Å². The van der Waals surface area contributed by atoms with Gasteiger partial charge in [0, 0.05) is 17.7 Å². The Morgan fingerprint density at radius 3 is 2.45 bits per heavy atom. The van der Waals surface area contributed by atoms with E-state index in [0.29, 0.717) is 35.6 Å². The lowest BCUT2D eigenvalue weighted by molar-refractivity contribution is -0.132. The minimum atomic E-state index is -0.872. The van der Waals surface area contributed by atoms with Crippen LogP contribution in [0.15, 0.2) is 72.3 Å². The molecule has 2 heterocycles.